The minimum absolute atomic E-state index is 0.0876. The van der Waals surface area contributed by atoms with E-state index >= 15 is 0 Å². The molecule has 0 aliphatic rings. The van der Waals surface area contributed by atoms with Gasteiger partial charge in [0.25, 0.3) is 5.91 Å². The molecule has 0 fully saturated rings. The molecule has 2 rings (SSSR count). The Balaban J connectivity index is 1.87. The molecular formula is C17H16BrF2NO4. The summed E-state index contributed by atoms with van der Waals surface area (Å²) >= 11 is 3.31. The van der Waals surface area contributed by atoms with Crippen LogP contribution in [0.25, 0.3) is 0 Å². The zero-order chi connectivity index (χ0) is 18.2. The maximum atomic E-state index is 12.4. The highest BCUT2D eigenvalue weighted by Gasteiger charge is 2.12. The summed E-state index contributed by atoms with van der Waals surface area (Å²) in [6.45, 7) is -2.97. The number of rotatable bonds is 8. The average Bonchev–Trinajstić information content (AvgIpc) is 2.59. The number of nitrogens with one attached hydrogen (secondary N) is 1. The number of benzene rings is 2. The molecule has 5 nitrogen and oxygen atoms in total. The number of ether oxygens (including phenoxy) is 3. The van der Waals surface area contributed by atoms with E-state index in [0.29, 0.717) is 11.3 Å². The maximum Gasteiger partial charge on any atom is 0.387 e. The molecule has 8 heteroatoms. The molecule has 0 saturated heterocycles. The molecule has 134 valence electrons. The van der Waals surface area contributed by atoms with Crippen LogP contribution in [0.15, 0.2) is 46.9 Å². The lowest BCUT2D eigenvalue weighted by Gasteiger charge is -2.12. The van der Waals surface area contributed by atoms with Crippen LogP contribution in [0.4, 0.5) is 8.78 Å². The van der Waals surface area contributed by atoms with Gasteiger partial charge in [-0.15, -0.1) is 0 Å². The van der Waals surface area contributed by atoms with Crippen LogP contribution in [0.3, 0.4) is 0 Å². The fourth-order valence-electron chi connectivity index (χ4n) is 1.95. The maximum absolute atomic E-state index is 12.4. The second-order valence-corrected chi connectivity index (χ2v) is 5.80. The van der Waals surface area contributed by atoms with Crippen molar-refractivity contribution in [1.29, 1.82) is 0 Å². The van der Waals surface area contributed by atoms with Gasteiger partial charge < -0.3 is 19.5 Å². The van der Waals surface area contributed by atoms with Crippen molar-refractivity contribution in [1.82, 2.24) is 5.32 Å². The third kappa shape index (κ3) is 6.22. The summed E-state index contributed by atoms with van der Waals surface area (Å²) in [7, 11) is 1.36. The lowest BCUT2D eigenvalue weighted by atomic mass is 10.2. The first-order valence-corrected chi connectivity index (χ1v) is 8.04. The van der Waals surface area contributed by atoms with E-state index in [-0.39, 0.29) is 30.6 Å². The molecule has 1 N–H and O–H groups in total. The lowest BCUT2D eigenvalue weighted by molar-refractivity contribution is -0.123. The van der Waals surface area contributed by atoms with Crippen molar-refractivity contribution in [2.45, 2.75) is 13.2 Å². The molecule has 2 aromatic rings. The molecule has 0 saturated carbocycles. The molecule has 0 unspecified atom stereocenters. The second kappa shape index (κ2) is 9.22. The standard InChI is InChI=1S/C17H16BrF2NO4/c1-23-14-7-2-11(8-15(14)25-17(19)20)9-21-16(22)10-24-13-5-3-12(18)4-6-13/h2-8,17H,9-10H2,1H3,(H,21,22). The van der Waals surface area contributed by atoms with E-state index in [9.17, 15) is 13.6 Å². The summed E-state index contributed by atoms with van der Waals surface area (Å²) in [5.74, 6) is 0.329. The van der Waals surface area contributed by atoms with Gasteiger partial charge in [0.15, 0.2) is 18.1 Å². The number of halogens is 3. The first-order chi connectivity index (χ1) is 12.0. The van der Waals surface area contributed by atoms with E-state index in [2.05, 4.69) is 26.0 Å². The van der Waals surface area contributed by atoms with Crippen LogP contribution in [0.5, 0.6) is 17.2 Å². The van der Waals surface area contributed by atoms with Gasteiger partial charge in [-0.05, 0) is 42.0 Å². The smallest absolute Gasteiger partial charge is 0.387 e. The largest absolute Gasteiger partial charge is 0.493 e. The molecule has 0 bridgehead atoms. The van der Waals surface area contributed by atoms with Crippen molar-refractivity contribution < 1.29 is 27.8 Å². The molecule has 0 radical (unpaired) electrons. The monoisotopic (exact) mass is 415 g/mol. The molecule has 0 aliphatic heterocycles. The Kier molecular flexibility index (Phi) is 7.00. The number of alkyl halides is 2. The lowest BCUT2D eigenvalue weighted by Crippen LogP contribution is -2.28. The number of carbonyl (C=O) groups is 1. The van der Waals surface area contributed by atoms with E-state index in [0.717, 1.165) is 4.47 Å². The molecule has 0 aliphatic carbocycles. The molecule has 0 spiro atoms. The van der Waals surface area contributed by atoms with E-state index in [1.807, 2.05) is 0 Å². The first kappa shape index (κ1) is 19.0. The van der Waals surface area contributed by atoms with Crippen LogP contribution in [0.2, 0.25) is 0 Å². The second-order valence-electron chi connectivity index (χ2n) is 4.88. The summed E-state index contributed by atoms with van der Waals surface area (Å²) in [5.41, 5.74) is 0.591. The number of amides is 1. The molecule has 0 heterocycles. The highest BCUT2D eigenvalue weighted by molar-refractivity contribution is 9.10. The Labute approximate surface area is 152 Å². The minimum atomic E-state index is -2.96. The summed E-state index contributed by atoms with van der Waals surface area (Å²) in [5, 5.41) is 2.64. The topological polar surface area (TPSA) is 56.8 Å². The van der Waals surface area contributed by atoms with Crippen LogP contribution in [-0.4, -0.2) is 26.2 Å². The van der Waals surface area contributed by atoms with Gasteiger partial charge in [0.2, 0.25) is 0 Å². The van der Waals surface area contributed by atoms with Gasteiger partial charge in [-0.1, -0.05) is 22.0 Å². The van der Waals surface area contributed by atoms with Crippen LogP contribution in [-0.2, 0) is 11.3 Å². The van der Waals surface area contributed by atoms with Gasteiger partial charge in [-0.2, -0.15) is 8.78 Å². The van der Waals surface area contributed by atoms with Crippen molar-refractivity contribution in [3.05, 3.63) is 52.5 Å². The molecule has 0 aromatic heterocycles. The fourth-order valence-corrected chi connectivity index (χ4v) is 2.21. The van der Waals surface area contributed by atoms with E-state index < -0.39 is 6.61 Å². The highest BCUT2D eigenvalue weighted by Crippen LogP contribution is 2.29. The Morgan fingerprint density at radius 2 is 1.88 bits per heavy atom. The third-order valence-electron chi connectivity index (χ3n) is 3.12. The summed E-state index contributed by atoms with van der Waals surface area (Å²) in [4.78, 5) is 11.8. The van der Waals surface area contributed by atoms with Gasteiger partial charge in [0.1, 0.15) is 5.75 Å². The Morgan fingerprint density at radius 1 is 1.16 bits per heavy atom. The van der Waals surface area contributed by atoms with Crippen LogP contribution in [0, 0.1) is 0 Å². The minimum Gasteiger partial charge on any atom is -0.493 e. The predicted molar refractivity (Wildman–Crippen MR) is 91.1 cm³/mol. The summed E-state index contributed by atoms with van der Waals surface area (Å²) in [6.07, 6.45) is 0. The van der Waals surface area contributed by atoms with Crippen molar-refractivity contribution in [3.63, 3.8) is 0 Å². The van der Waals surface area contributed by atoms with Crippen molar-refractivity contribution in [3.8, 4) is 17.2 Å². The van der Waals surface area contributed by atoms with Gasteiger partial charge in [0, 0.05) is 11.0 Å². The number of hydrogen-bond acceptors (Lipinski definition) is 4. The van der Waals surface area contributed by atoms with Gasteiger partial charge in [-0.3, -0.25) is 4.79 Å². The van der Waals surface area contributed by atoms with E-state index in [1.54, 1.807) is 30.3 Å². The molecule has 0 atom stereocenters. The number of hydrogen-bond donors (Lipinski definition) is 1. The molecule has 1 amide bonds. The molecule has 25 heavy (non-hydrogen) atoms. The Bertz CT molecular complexity index is 710. The van der Waals surface area contributed by atoms with Crippen LogP contribution < -0.4 is 19.5 Å². The van der Waals surface area contributed by atoms with Crippen LogP contribution in [0.1, 0.15) is 5.56 Å². The number of methoxy groups -OCH3 is 1. The third-order valence-corrected chi connectivity index (χ3v) is 3.65. The van der Waals surface area contributed by atoms with E-state index in [1.165, 1.54) is 19.2 Å². The first-order valence-electron chi connectivity index (χ1n) is 7.24. The van der Waals surface area contributed by atoms with Crippen molar-refractivity contribution in [2.75, 3.05) is 13.7 Å². The summed E-state index contributed by atoms with van der Waals surface area (Å²) in [6, 6.07) is 11.6. The van der Waals surface area contributed by atoms with Gasteiger partial charge in [-0.25, -0.2) is 0 Å². The van der Waals surface area contributed by atoms with Crippen molar-refractivity contribution in [2.24, 2.45) is 0 Å². The van der Waals surface area contributed by atoms with E-state index in [4.69, 9.17) is 9.47 Å². The Hall–Kier alpha value is -2.35. The van der Waals surface area contributed by atoms with Gasteiger partial charge in [0.05, 0.1) is 7.11 Å². The normalized spacial score (nSPS) is 10.4. The highest BCUT2D eigenvalue weighted by atomic mass is 79.9. The fraction of sp³-hybridized carbons (Fsp3) is 0.235. The molecular weight excluding hydrogens is 400 g/mol. The zero-order valence-electron chi connectivity index (χ0n) is 13.3. The van der Waals surface area contributed by atoms with Crippen LogP contribution >= 0.6 is 15.9 Å². The SMILES string of the molecule is COc1ccc(CNC(=O)COc2ccc(Br)cc2)cc1OC(F)F. The number of carbonyl (C=O) groups excluding carboxylic acids is 1. The zero-order valence-corrected chi connectivity index (χ0v) is 14.9. The van der Waals surface area contributed by atoms with Gasteiger partial charge >= 0.3 is 6.61 Å². The average molecular weight is 416 g/mol. The molecule has 2 aromatic carbocycles. The van der Waals surface area contributed by atoms with Crippen molar-refractivity contribution >= 4 is 21.8 Å². The summed E-state index contributed by atoms with van der Waals surface area (Å²) < 4.78 is 40.4. The Morgan fingerprint density at radius 3 is 2.52 bits per heavy atom. The predicted octanol–water partition coefficient (Wildman–Crippen LogP) is 3.75. The quantitative estimate of drug-likeness (QED) is 0.712.